The number of piperazine rings is 1. The Kier molecular flexibility index (Phi) is 8.34. The molecule has 9 nitrogen and oxygen atoms in total. The van der Waals surface area contributed by atoms with Gasteiger partial charge >= 0.3 is 6.18 Å². The molecule has 0 unspecified atom stereocenters. The summed E-state index contributed by atoms with van der Waals surface area (Å²) in [5.74, 6) is 2.53. The lowest BCUT2D eigenvalue weighted by molar-refractivity contribution is -0.137. The lowest BCUT2D eigenvalue weighted by Gasteiger charge is -2.41. The van der Waals surface area contributed by atoms with Gasteiger partial charge in [-0.3, -0.25) is 0 Å². The molecule has 1 atom stereocenters. The van der Waals surface area contributed by atoms with E-state index < -0.39 is 11.7 Å². The number of methoxy groups -OCH3 is 2. The van der Waals surface area contributed by atoms with Crippen LogP contribution in [0.5, 0.6) is 11.5 Å². The highest BCUT2D eigenvalue weighted by molar-refractivity contribution is 6.32. The predicted octanol–water partition coefficient (Wildman–Crippen LogP) is 6.25. The summed E-state index contributed by atoms with van der Waals surface area (Å²) in [6, 6.07) is 13.2. The lowest BCUT2D eigenvalue weighted by atomic mass is 10.1. The summed E-state index contributed by atoms with van der Waals surface area (Å²) >= 11 is 6.41. The highest BCUT2D eigenvalue weighted by Gasteiger charge is 2.31. The summed E-state index contributed by atoms with van der Waals surface area (Å²) < 4.78 is 50.2. The lowest BCUT2D eigenvalue weighted by Crippen LogP contribution is -2.53. The molecule has 218 valence electrons. The Morgan fingerprint density at radius 2 is 1.81 bits per heavy atom. The number of hydrogen-bond donors (Lipinski definition) is 1. The molecule has 13 heteroatoms. The predicted molar refractivity (Wildman–Crippen MR) is 156 cm³/mol. The Morgan fingerprint density at radius 3 is 2.48 bits per heavy atom. The SMILES string of the molecule is C=C[C@@H]1CN(c2ncccc2Cl)CCN1c1nc(Nc2ccc(C(F)(F)F)cc2)nc(-c2ccc(OC)cc2OC)n1. The first-order chi connectivity index (χ1) is 20.2. The monoisotopic (exact) mass is 597 g/mol. The highest BCUT2D eigenvalue weighted by Crippen LogP contribution is 2.34. The smallest absolute Gasteiger partial charge is 0.416 e. The van der Waals surface area contributed by atoms with Crippen LogP contribution in [0.4, 0.5) is 36.6 Å². The second kappa shape index (κ2) is 12.1. The van der Waals surface area contributed by atoms with Crippen LogP contribution in [0.25, 0.3) is 11.4 Å². The fourth-order valence-electron chi connectivity index (χ4n) is 4.59. The number of benzene rings is 2. The average molecular weight is 598 g/mol. The topological polar surface area (TPSA) is 88.5 Å². The summed E-state index contributed by atoms with van der Waals surface area (Å²) in [4.78, 5) is 22.5. The van der Waals surface area contributed by atoms with E-state index in [9.17, 15) is 13.2 Å². The molecule has 4 aromatic rings. The molecule has 1 aliphatic rings. The van der Waals surface area contributed by atoms with Crippen molar-refractivity contribution in [3.8, 4) is 22.9 Å². The van der Waals surface area contributed by atoms with Crippen LogP contribution in [0, 0.1) is 0 Å². The van der Waals surface area contributed by atoms with Crippen LogP contribution in [-0.2, 0) is 6.18 Å². The molecule has 0 aliphatic carbocycles. The number of anilines is 4. The number of hydrogen-bond acceptors (Lipinski definition) is 9. The Morgan fingerprint density at radius 1 is 1.02 bits per heavy atom. The first-order valence-corrected chi connectivity index (χ1v) is 13.3. The third-order valence-electron chi connectivity index (χ3n) is 6.73. The van der Waals surface area contributed by atoms with Crippen LogP contribution >= 0.6 is 11.6 Å². The minimum absolute atomic E-state index is 0.144. The molecule has 2 aromatic heterocycles. The van der Waals surface area contributed by atoms with Crippen molar-refractivity contribution in [3.63, 3.8) is 0 Å². The van der Waals surface area contributed by atoms with Gasteiger partial charge in [-0.1, -0.05) is 17.7 Å². The fraction of sp³-hybridized carbons (Fsp3) is 0.241. The number of ether oxygens (including phenoxy) is 2. The molecule has 42 heavy (non-hydrogen) atoms. The van der Waals surface area contributed by atoms with E-state index in [1.807, 2.05) is 4.90 Å². The molecular formula is C29H27ClF3N7O2. The van der Waals surface area contributed by atoms with E-state index in [0.717, 1.165) is 12.1 Å². The van der Waals surface area contributed by atoms with E-state index in [2.05, 4.69) is 31.7 Å². The van der Waals surface area contributed by atoms with Gasteiger partial charge in [-0.2, -0.15) is 28.1 Å². The van der Waals surface area contributed by atoms with Crippen molar-refractivity contribution in [3.05, 3.63) is 84.0 Å². The Bertz CT molecular complexity index is 1570. The van der Waals surface area contributed by atoms with Crippen LogP contribution in [0.3, 0.4) is 0 Å². The van der Waals surface area contributed by atoms with Gasteiger partial charge in [-0.25, -0.2) is 4.98 Å². The van der Waals surface area contributed by atoms with Crippen molar-refractivity contribution < 1.29 is 22.6 Å². The van der Waals surface area contributed by atoms with E-state index in [-0.39, 0.29) is 12.0 Å². The zero-order valence-corrected chi connectivity index (χ0v) is 23.5. The molecule has 5 rings (SSSR count). The van der Waals surface area contributed by atoms with E-state index in [1.54, 1.807) is 49.7 Å². The Labute approximate surface area is 245 Å². The number of pyridine rings is 1. The van der Waals surface area contributed by atoms with E-state index in [4.69, 9.17) is 26.1 Å². The van der Waals surface area contributed by atoms with Gasteiger partial charge in [0.05, 0.1) is 36.4 Å². The third kappa shape index (κ3) is 6.18. The van der Waals surface area contributed by atoms with Crippen LogP contribution in [0.2, 0.25) is 5.02 Å². The van der Waals surface area contributed by atoms with Crippen molar-refractivity contribution >= 4 is 35.0 Å². The van der Waals surface area contributed by atoms with E-state index in [1.165, 1.54) is 19.2 Å². The molecule has 0 saturated carbocycles. The summed E-state index contributed by atoms with van der Waals surface area (Å²) in [6.07, 6.45) is -0.960. The molecule has 1 N–H and O–H groups in total. The zero-order valence-electron chi connectivity index (χ0n) is 22.8. The van der Waals surface area contributed by atoms with Gasteiger partial charge < -0.3 is 24.6 Å². The molecule has 3 heterocycles. The molecule has 1 aliphatic heterocycles. The molecule has 0 radical (unpaired) electrons. The zero-order chi connectivity index (χ0) is 29.9. The first kappa shape index (κ1) is 28.9. The van der Waals surface area contributed by atoms with Crippen LogP contribution in [0.15, 0.2) is 73.4 Å². The van der Waals surface area contributed by atoms with Crippen molar-refractivity contribution in [2.75, 3.05) is 49.0 Å². The van der Waals surface area contributed by atoms with Gasteiger partial charge in [0, 0.05) is 37.6 Å². The molecule has 1 saturated heterocycles. The normalized spacial score (nSPS) is 15.3. The van der Waals surface area contributed by atoms with E-state index in [0.29, 0.717) is 65.0 Å². The largest absolute Gasteiger partial charge is 0.497 e. The molecule has 1 fully saturated rings. The second-order valence-corrected chi connectivity index (χ2v) is 9.71. The van der Waals surface area contributed by atoms with Crippen molar-refractivity contribution in [1.29, 1.82) is 0 Å². The number of aromatic nitrogens is 4. The fourth-order valence-corrected chi connectivity index (χ4v) is 4.83. The first-order valence-electron chi connectivity index (χ1n) is 12.9. The standard InChI is InChI=1S/C29H27ClF3N7O2/c1-4-20-17-39(26-23(30)6-5-13-34-26)14-15-40(20)28-37-25(22-12-11-21(41-2)16-24(22)42-3)36-27(38-28)35-19-9-7-18(8-10-19)29(31,32)33/h4-13,16,20H,1,14-15,17H2,2-3H3,(H,35,36,37,38)/t20-/m1/s1. The summed E-state index contributed by atoms with van der Waals surface area (Å²) in [5.41, 5.74) is 0.196. The number of nitrogens with one attached hydrogen (secondary N) is 1. The van der Waals surface area contributed by atoms with E-state index >= 15 is 0 Å². The number of rotatable bonds is 8. The maximum absolute atomic E-state index is 13.1. The maximum atomic E-state index is 13.1. The number of alkyl halides is 3. The van der Waals surface area contributed by atoms with Crippen molar-refractivity contribution in [1.82, 2.24) is 19.9 Å². The Balaban J connectivity index is 1.53. The summed E-state index contributed by atoms with van der Waals surface area (Å²) in [7, 11) is 3.08. The quantitative estimate of drug-likeness (QED) is 0.237. The van der Waals surface area contributed by atoms with Crippen LogP contribution < -0.4 is 24.6 Å². The minimum atomic E-state index is -4.45. The van der Waals surface area contributed by atoms with Gasteiger partial charge in [0.15, 0.2) is 5.82 Å². The van der Waals surface area contributed by atoms with Gasteiger partial charge in [0.2, 0.25) is 11.9 Å². The second-order valence-electron chi connectivity index (χ2n) is 9.30. The van der Waals surface area contributed by atoms with Crippen molar-refractivity contribution in [2.24, 2.45) is 0 Å². The van der Waals surface area contributed by atoms with Crippen molar-refractivity contribution in [2.45, 2.75) is 12.2 Å². The van der Waals surface area contributed by atoms with Crippen LogP contribution in [-0.4, -0.2) is 59.8 Å². The molecular weight excluding hydrogens is 571 g/mol. The van der Waals surface area contributed by atoms with Gasteiger partial charge in [0.25, 0.3) is 0 Å². The molecule has 0 bridgehead atoms. The molecule has 0 amide bonds. The van der Waals surface area contributed by atoms with Gasteiger partial charge in [0.1, 0.15) is 17.3 Å². The minimum Gasteiger partial charge on any atom is -0.497 e. The third-order valence-corrected chi connectivity index (χ3v) is 7.02. The highest BCUT2D eigenvalue weighted by atomic mass is 35.5. The number of nitrogens with zero attached hydrogens (tertiary/aromatic N) is 6. The average Bonchev–Trinajstić information content (AvgIpc) is 3.00. The number of halogens is 4. The van der Waals surface area contributed by atoms with Gasteiger partial charge in [-0.05, 0) is 48.5 Å². The summed E-state index contributed by atoms with van der Waals surface area (Å²) in [6.45, 7) is 5.63. The van der Waals surface area contributed by atoms with Gasteiger partial charge in [-0.15, -0.1) is 6.58 Å². The maximum Gasteiger partial charge on any atom is 0.416 e. The Hall–Kier alpha value is -4.58. The molecule has 2 aromatic carbocycles. The summed E-state index contributed by atoms with van der Waals surface area (Å²) in [5, 5.41) is 3.57. The molecule has 0 spiro atoms. The van der Waals surface area contributed by atoms with Crippen LogP contribution in [0.1, 0.15) is 5.56 Å².